The van der Waals surface area contributed by atoms with E-state index in [1.807, 2.05) is 0 Å². The highest BCUT2D eigenvalue weighted by atomic mass is 19.1. The van der Waals surface area contributed by atoms with Crippen LogP contribution >= 0.6 is 0 Å². The van der Waals surface area contributed by atoms with Crippen molar-refractivity contribution in [2.75, 3.05) is 16.8 Å². The van der Waals surface area contributed by atoms with E-state index in [-0.39, 0.29) is 11.8 Å². The smallest absolute Gasteiger partial charge is 0.227 e. The standard InChI is InChI=1S/C18H23FN2O2/c19-15-12-14(8-9-16(15)21-10-4-7-18(21)23)20-17(22)11-13-5-2-1-3-6-13/h8-9,12-13H,1-7,10-11H2,(H,20,22). The normalized spacial score (nSPS) is 19.2. The zero-order chi connectivity index (χ0) is 16.2. The largest absolute Gasteiger partial charge is 0.326 e. The summed E-state index contributed by atoms with van der Waals surface area (Å²) >= 11 is 0. The number of carbonyl (C=O) groups excluding carboxylic acids is 2. The van der Waals surface area contributed by atoms with Crippen molar-refractivity contribution in [2.24, 2.45) is 5.92 Å². The van der Waals surface area contributed by atoms with Crippen LogP contribution in [0.2, 0.25) is 0 Å². The van der Waals surface area contributed by atoms with E-state index < -0.39 is 5.82 Å². The van der Waals surface area contributed by atoms with Crippen molar-refractivity contribution in [3.63, 3.8) is 0 Å². The number of nitrogens with one attached hydrogen (secondary N) is 1. The molecule has 5 heteroatoms. The van der Waals surface area contributed by atoms with Crippen molar-refractivity contribution in [1.82, 2.24) is 0 Å². The van der Waals surface area contributed by atoms with Gasteiger partial charge in [-0.25, -0.2) is 4.39 Å². The van der Waals surface area contributed by atoms with Gasteiger partial charge in [0.05, 0.1) is 5.69 Å². The first-order valence-corrected chi connectivity index (χ1v) is 8.53. The summed E-state index contributed by atoms with van der Waals surface area (Å²) < 4.78 is 14.2. The lowest BCUT2D eigenvalue weighted by Gasteiger charge is -2.21. The van der Waals surface area contributed by atoms with E-state index >= 15 is 0 Å². The van der Waals surface area contributed by atoms with Crippen molar-refractivity contribution >= 4 is 23.2 Å². The van der Waals surface area contributed by atoms with Crippen molar-refractivity contribution in [3.8, 4) is 0 Å². The molecule has 0 aromatic heterocycles. The molecule has 1 aliphatic carbocycles. The van der Waals surface area contributed by atoms with E-state index in [9.17, 15) is 14.0 Å². The Hall–Kier alpha value is -1.91. The molecule has 4 nitrogen and oxygen atoms in total. The summed E-state index contributed by atoms with van der Waals surface area (Å²) in [4.78, 5) is 25.3. The van der Waals surface area contributed by atoms with Gasteiger partial charge >= 0.3 is 0 Å². The van der Waals surface area contributed by atoms with E-state index in [0.717, 1.165) is 19.3 Å². The Morgan fingerprint density at radius 3 is 2.65 bits per heavy atom. The molecule has 23 heavy (non-hydrogen) atoms. The Morgan fingerprint density at radius 2 is 2.00 bits per heavy atom. The number of halogens is 1. The van der Waals surface area contributed by atoms with Crippen LogP contribution in [-0.2, 0) is 9.59 Å². The summed E-state index contributed by atoms with van der Waals surface area (Å²) in [7, 11) is 0. The highest BCUT2D eigenvalue weighted by Crippen LogP contribution is 2.28. The number of nitrogens with zero attached hydrogens (tertiary/aromatic N) is 1. The van der Waals surface area contributed by atoms with E-state index in [1.165, 1.54) is 30.2 Å². The van der Waals surface area contributed by atoms with Gasteiger partial charge in [0, 0.05) is 25.1 Å². The molecule has 1 aromatic carbocycles. The molecule has 2 aliphatic rings. The minimum atomic E-state index is -0.462. The van der Waals surface area contributed by atoms with Gasteiger partial charge in [-0.1, -0.05) is 19.3 Å². The average molecular weight is 318 g/mol. The third-order valence-electron chi connectivity index (χ3n) is 4.79. The first-order chi connectivity index (χ1) is 11.1. The monoisotopic (exact) mass is 318 g/mol. The second-order valence-electron chi connectivity index (χ2n) is 6.57. The van der Waals surface area contributed by atoms with Gasteiger partial charge < -0.3 is 10.2 Å². The van der Waals surface area contributed by atoms with Gasteiger partial charge in [-0.3, -0.25) is 9.59 Å². The average Bonchev–Trinajstić information content (AvgIpc) is 2.94. The molecule has 1 saturated heterocycles. The topological polar surface area (TPSA) is 49.4 Å². The van der Waals surface area contributed by atoms with E-state index in [1.54, 1.807) is 12.1 Å². The fourth-order valence-electron chi connectivity index (χ4n) is 3.57. The number of hydrogen-bond donors (Lipinski definition) is 1. The Bertz CT molecular complexity index is 597. The zero-order valence-corrected chi connectivity index (χ0v) is 13.3. The highest BCUT2D eigenvalue weighted by molar-refractivity contribution is 5.96. The van der Waals surface area contributed by atoms with Crippen molar-refractivity contribution in [3.05, 3.63) is 24.0 Å². The lowest BCUT2D eigenvalue weighted by molar-refractivity contribution is -0.118. The molecule has 0 unspecified atom stereocenters. The number of amides is 2. The molecule has 0 radical (unpaired) electrons. The van der Waals surface area contributed by atoms with Crippen LogP contribution in [-0.4, -0.2) is 18.4 Å². The molecule has 0 bridgehead atoms. The Kier molecular flexibility index (Phi) is 4.94. The van der Waals surface area contributed by atoms with Crippen LogP contribution in [0.1, 0.15) is 51.4 Å². The van der Waals surface area contributed by atoms with Crippen LogP contribution < -0.4 is 10.2 Å². The zero-order valence-electron chi connectivity index (χ0n) is 13.3. The number of hydrogen-bond acceptors (Lipinski definition) is 2. The highest BCUT2D eigenvalue weighted by Gasteiger charge is 2.24. The van der Waals surface area contributed by atoms with Crippen LogP contribution in [0.5, 0.6) is 0 Å². The molecule has 1 heterocycles. The van der Waals surface area contributed by atoms with Gasteiger partial charge in [0.1, 0.15) is 5.82 Å². The molecule has 1 N–H and O–H groups in total. The molecule has 2 fully saturated rings. The molecule has 2 amide bonds. The van der Waals surface area contributed by atoms with Crippen LogP contribution in [0.4, 0.5) is 15.8 Å². The number of rotatable bonds is 4. The quantitative estimate of drug-likeness (QED) is 0.916. The van der Waals surface area contributed by atoms with Gasteiger partial charge in [-0.2, -0.15) is 0 Å². The van der Waals surface area contributed by atoms with Crippen LogP contribution in [0, 0.1) is 11.7 Å². The minimum Gasteiger partial charge on any atom is -0.326 e. The second kappa shape index (κ2) is 7.11. The Labute approximate surface area is 136 Å². The molecule has 1 aliphatic heterocycles. The third kappa shape index (κ3) is 3.89. The summed E-state index contributed by atoms with van der Waals surface area (Å²) in [6.07, 6.45) is 7.62. The molecular weight excluding hydrogens is 295 g/mol. The summed E-state index contributed by atoms with van der Waals surface area (Å²) in [5, 5.41) is 2.78. The fourth-order valence-corrected chi connectivity index (χ4v) is 3.57. The van der Waals surface area contributed by atoms with Crippen LogP contribution in [0.3, 0.4) is 0 Å². The first-order valence-electron chi connectivity index (χ1n) is 8.53. The molecule has 1 saturated carbocycles. The molecule has 124 valence electrons. The Balaban J connectivity index is 1.61. The summed E-state index contributed by atoms with van der Waals surface area (Å²) in [5.41, 5.74) is 0.761. The maximum Gasteiger partial charge on any atom is 0.227 e. The van der Waals surface area contributed by atoms with E-state index in [0.29, 0.717) is 36.7 Å². The number of anilines is 2. The van der Waals surface area contributed by atoms with Crippen molar-refractivity contribution in [1.29, 1.82) is 0 Å². The molecule has 1 aromatic rings. The van der Waals surface area contributed by atoms with Crippen LogP contribution in [0.15, 0.2) is 18.2 Å². The van der Waals surface area contributed by atoms with E-state index in [2.05, 4.69) is 5.32 Å². The third-order valence-corrected chi connectivity index (χ3v) is 4.79. The predicted octanol–water partition coefficient (Wildman–Crippen LogP) is 3.86. The van der Waals surface area contributed by atoms with E-state index in [4.69, 9.17) is 0 Å². The van der Waals surface area contributed by atoms with Gasteiger partial charge in [-0.15, -0.1) is 0 Å². The first kappa shape index (κ1) is 16.0. The molecule has 3 rings (SSSR count). The molecule has 0 atom stereocenters. The molecular formula is C18H23FN2O2. The molecule has 0 spiro atoms. The van der Waals surface area contributed by atoms with Gasteiger partial charge in [-0.05, 0) is 43.4 Å². The summed E-state index contributed by atoms with van der Waals surface area (Å²) in [5.74, 6) is -0.106. The fraction of sp³-hybridized carbons (Fsp3) is 0.556. The van der Waals surface area contributed by atoms with Gasteiger partial charge in [0.15, 0.2) is 0 Å². The maximum absolute atomic E-state index is 14.2. The maximum atomic E-state index is 14.2. The number of benzene rings is 1. The predicted molar refractivity (Wildman–Crippen MR) is 87.8 cm³/mol. The summed E-state index contributed by atoms with van der Waals surface area (Å²) in [6.45, 7) is 0.559. The number of carbonyl (C=O) groups is 2. The van der Waals surface area contributed by atoms with Crippen molar-refractivity contribution in [2.45, 2.75) is 51.4 Å². The minimum absolute atomic E-state index is 0.0435. The summed E-state index contributed by atoms with van der Waals surface area (Å²) in [6, 6.07) is 4.55. The van der Waals surface area contributed by atoms with Crippen LogP contribution in [0.25, 0.3) is 0 Å². The lowest BCUT2D eigenvalue weighted by Crippen LogP contribution is -2.25. The SMILES string of the molecule is O=C(CC1CCCCC1)Nc1ccc(N2CCCC2=O)c(F)c1. The Morgan fingerprint density at radius 1 is 1.22 bits per heavy atom. The van der Waals surface area contributed by atoms with Gasteiger partial charge in [0.2, 0.25) is 11.8 Å². The van der Waals surface area contributed by atoms with Crippen molar-refractivity contribution < 1.29 is 14.0 Å². The lowest BCUT2D eigenvalue weighted by atomic mass is 9.87. The van der Waals surface area contributed by atoms with Gasteiger partial charge in [0.25, 0.3) is 0 Å². The second-order valence-corrected chi connectivity index (χ2v) is 6.57.